The van der Waals surface area contributed by atoms with Gasteiger partial charge in [-0.3, -0.25) is 0 Å². The van der Waals surface area contributed by atoms with Crippen molar-refractivity contribution >= 4 is 23.2 Å². The molecule has 1 aromatic rings. The Bertz CT molecular complexity index is 391. The summed E-state index contributed by atoms with van der Waals surface area (Å²) in [6, 6.07) is 5.89. The van der Waals surface area contributed by atoms with E-state index >= 15 is 0 Å². The first-order chi connectivity index (χ1) is 8.63. The predicted molar refractivity (Wildman–Crippen MR) is 76.5 cm³/mol. The molecule has 0 bridgehead atoms. The van der Waals surface area contributed by atoms with Crippen molar-refractivity contribution in [1.82, 2.24) is 5.32 Å². The summed E-state index contributed by atoms with van der Waals surface area (Å²) in [5.41, 5.74) is 1.00. The van der Waals surface area contributed by atoms with Gasteiger partial charge in [0.1, 0.15) is 0 Å². The molecular weight excluding hydrogens is 269 g/mol. The maximum Gasteiger partial charge on any atom is 0.0757 e. The van der Waals surface area contributed by atoms with Crippen LogP contribution in [0.4, 0.5) is 0 Å². The molecule has 1 fully saturated rings. The van der Waals surface area contributed by atoms with Gasteiger partial charge >= 0.3 is 0 Å². The zero-order chi connectivity index (χ0) is 13.1. The summed E-state index contributed by atoms with van der Waals surface area (Å²) in [4.78, 5) is 0. The Morgan fingerprint density at radius 1 is 1.39 bits per heavy atom. The van der Waals surface area contributed by atoms with E-state index in [1.54, 1.807) is 0 Å². The normalized spacial score (nSPS) is 25.3. The lowest BCUT2D eigenvalue weighted by molar-refractivity contribution is 0.0634. The van der Waals surface area contributed by atoms with Crippen LogP contribution in [0.3, 0.4) is 0 Å². The molecule has 3 atom stereocenters. The Balaban J connectivity index is 2.15. The molecule has 2 nitrogen and oxygen atoms in total. The van der Waals surface area contributed by atoms with Crippen LogP contribution >= 0.6 is 23.2 Å². The molecule has 1 aliphatic heterocycles. The quantitative estimate of drug-likeness (QED) is 0.915. The summed E-state index contributed by atoms with van der Waals surface area (Å²) < 4.78 is 5.82. The summed E-state index contributed by atoms with van der Waals surface area (Å²) in [6.45, 7) is 3.08. The third kappa shape index (κ3) is 3.00. The number of benzene rings is 1. The van der Waals surface area contributed by atoms with Crippen molar-refractivity contribution in [2.45, 2.75) is 31.9 Å². The van der Waals surface area contributed by atoms with Gasteiger partial charge in [-0.1, -0.05) is 36.2 Å². The third-order valence-corrected chi connectivity index (χ3v) is 4.41. The van der Waals surface area contributed by atoms with Crippen molar-refractivity contribution in [3.63, 3.8) is 0 Å². The Labute approximate surface area is 119 Å². The van der Waals surface area contributed by atoms with E-state index < -0.39 is 0 Å². The van der Waals surface area contributed by atoms with Crippen LogP contribution in [-0.2, 0) is 11.2 Å². The van der Waals surface area contributed by atoms with Crippen LogP contribution in [0, 0.1) is 5.92 Å². The Hall–Kier alpha value is -0.280. The van der Waals surface area contributed by atoms with E-state index in [0.717, 1.165) is 35.1 Å². The van der Waals surface area contributed by atoms with Crippen molar-refractivity contribution in [1.29, 1.82) is 0 Å². The standard InChI is InChI=1S/C14H19Cl2NO/c1-9-6-7-18-14(9)13(17-2)8-10-11(15)4-3-5-12(10)16/h3-5,9,13-14,17H,6-8H2,1-2H3. The van der Waals surface area contributed by atoms with Gasteiger partial charge in [0.15, 0.2) is 0 Å². The molecule has 1 aromatic carbocycles. The maximum absolute atomic E-state index is 6.22. The van der Waals surface area contributed by atoms with Crippen molar-refractivity contribution in [2.75, 3.05) is 13.7 Å². The minimum atomic E-state index is 0.238. The average molecular weight is 288 g/mol. The van der Waals surface area contributed by atoms with Crippen LogP contribution in [0.25, 0.3) is 0 Å². The molecule has 1 saturated heterocycles. The summed E-state index contributed by atoms with van der Waals surface area (Å²) in [5.74, 6) is 0.573. The fourth-order valence-corrected chi connectivity index (χ4v) is 3.11. The van der Waals surface area contributed by atoms with Crippen molar-refractivity contribution in [3.05, 3.63) is 33.8 Å². The minimum absolute atomic E-state index is 0.238. The second kappa shape index (κ2) is 6.25. The zero-order valence-electron chi connectivity index (χ0n) is 10.7. The molecule has 3 unspecified atom stereocenters. The molecule has 1 heterocycles. The fourth-order valence-electron chi connectivity index (χ4n) is 2.56. The van der Waals surface area contributed by atoms with E-state index in [1.807, 2.05) is 25.2 Å². The zero-order valence-corrected chi connectivity index (χ0v) is 12.3. The number of nitrogens with one attached hydrogen (secondary N) is 1. The Kier molecular flexibility index (Phi) is 4.91. The number of halogens is 2. The lowest BCUT2D eigenvalue weighted by Crippen LogP contribution is -2.42. The molecule has 1 aliphatic rings. The van der Waals surface area contributed by atoms with Gasteiger partial charge in [0, 0.05) is 22.7 Å². The van der Waals surface area contributed by atoms with Gasteiger partial charge in [0.2, 0.25) is 0 Å². The van der Waals surface area contributed by atoms with E-state index in [4.69, 9.17) is 27.9 Å². The molecule has 0 radical (unpaired) electrons. The number of ether oxygens (including phenoxy) is 1. The molecule has 0 spiro atoms. The molecule has 4 heteroatoms. The van der Waals surface area contributed by atoms with Crippen LogP contribution in [0.5, 0.6) is 0 Å². The lowest BCUT2D eigenvalue weighted by atomic mass is 9.93. The van der Waals surface area contributed by atoms with Gasteiger partial charge in [-0.25, -0.2) is 0 Å². The SMILES string of the molecule is CNC(Cc1c(Cl)cccc1Cl)C1OCCC1C. The van der Waals surface area contributed by atoms with E-state index in [0.29, 0.717) is 5.92 Å². The van der Waals surface area contributed by atoms with Gasteiger partial charge in [-0.15, -0.1) is 0 Å². The highest BCUT2D eigenvalue weighted by atomic mass is 35.5. The molecular formula is C14H19Cl2NO. The number of likely N-dealkylation sites (N-methyl/N-ethyl adjacent to an activating group) is 1. The van der Waals surface area contributed by atoms with Crippen LogP contribution in [0.2, 0.25) is 10.0 Å². The fraction of sp³-hybridized carbons (Fsp3) is 0.571. The summed E-state index contributed by atoms with van der Waals surface area (Å²) in [7, 11) is 1.96. The number of hydrogen-bond acceptors (Lipinski definition) is 2. The highest BCUT2D eigenvalue weighted by Gasteiger charge is 2.31. The highest BCUT2D eigenvalue weighted by Crippen LogP contribution is 2.29. The van der Waals surface area contributed by atoms with Crippen LogP contribution < -0.4 is 5.32 Å². The minimum Gasteiger partial charge on any atom is -0.376 e. The van der Waals surface area contributed by atoms with E-state index in [2.05, 4.69) is 12.2 Å². The maximum atomic E-state index is 6.22. The summed E-state index contributed by atoms with van der Waals surface area (Å²) in [6.07, 6.45) is 2.16. The van der Waals surface area contributed by atoms with E-state index in [-0.39, 0.29) is 12.1 Å². The van der Waals surface area contributed by atoms with Crippen molar-refractivity contribution in [2.24, 2.45) is 5.92 Å². The topological polar surface area (TPSA) is 21.3 Å². The first-order valence-electron chi connectivity index (χ1n) is 6.35. The monoisotopic (exact) mass is 287 g/mol. The van der Waals surface area contributed by atoms with Gasteiger partial charge in [-0.2, -0.15) is 0 Å². The second-order valence-electron chi connectivity index (χ2n) is 4.90. The smallest absolute Gasteiger partial charge is 0.0757 e. The average Bonchev–Trinajstić information content (AvgIpc) is 2.76. The molecule has 0 saturated carbocycles. The third-order valence-electron chi connectivity index (χ3n) is 3.70. The lowest BCUT2D eigenvalue weighted by Gasteiger charge is -2.26. The first kappa shape index (κ1) is 14.1. The predicted octanol–water partition coefficient (Wildman–Crippen LogP) is 3.55. The van der Waals surface area contributed by atoms with Crippen molar-refractivity contribution < 1.29 is 4.74 Å². The van der Waals surface area contributed by atoms with Gasteiger partial charge < -0.3 is 10.1 Å². The van der Waals surface area contributed by atoms with E-state index in [9.17, 15) is 0 Å². The van der Waals surface area contributed by atoms with Gasteiger partial charge in [-0.05, 0) is 43.5 Å². The van der Waals surface area contributed by atoms with Crippen LogP contribution in [-0.4, -0.2) is 25.8 Å². The summed E-state index contributed by atoms with van der Waals surface area (Å²) in [5, 5.41) is 4.80. The molecule has 18 heavy (non-hydrogen) atoms. The van der Waals surface area contributed by atoms with Crippen molar-refractivity contribution in [3.8, 4) is 0 Å². The number of rotatable bonds is 4. The van der Waals surface area contributed by atoms with Crippen LogP contribution in [0.15, 0.2) is 18.2 Å². The Morgan fingerprint density at radius 2 is 2.06 bits per heavy atom. The molecule has 100 valence electrons. The second-order valence-corrected chi connectivity index (χ2v) is 5.72. The first-order valence-corrected chi connectivity index (χ1v) is 7.11. The molecule has 0 amide bonds. The summed E-state index contributed by atoms with van der Waals surface area (Å²) >= 11 is 12.4. The molecule has 0 aliphatic carbocycles. The molecule has 0 aromatic heterocycles. The highest BCUT2D eigenvalue weighted by molar-refractivity contribution is 6.36. The molecule has 1 N–H and O–H groups in total. The largest absolute Gasteiger partial charge is 0.376 e. The van der Waals surface area contributed by atoms with Gasteiger partial charge in [0.05, 0.1) is 6.10 Å². The van der Waals surface area contributed by atoms with E-state index in [1.165, 1.54) is 0 Å². The Morgan fingerprint density at radius 3 is 2.56 bits per heavy atom. The molecule has 2 rings (SSSR count). The van der Waals surface area contributed by atoms with Crippen LogP contribution in [0.1, 0.15) is 18.9 Å². The number of hydrogen-bond donors (Lipinski definition) is 1. The van der Waals surface area contributed by atoms with Gasteiger partial charge in [0.25, 0.3) is 0 Å².